The summed E-state index contributed by atoms with van der Waals surface area (Å²) in [5.74, 6) is 0.119. The van der Waals surface area contributed by atoms with Gasteiger partial charge in [-0.05, 0) is 71.5 Å². The summed E-state index contributed by atoms with van der Waals surface area (Å²) in [5.41, 5.74) is 4.86. The van der Waals surface area contributed by atoms with E-state index in [2.05, 4.69) is 16.9 Å². The van der Waals surface area contributed by atoms with Gasteiger partial charge in [0.05, 0.1) is 19.8 Å². The third-order valence-electron chi connectivity index (χ3n) is 4.98. The van der Waals surface area contributed by atoms with Gasteiger partial charge in [0.2, 0.25) is 0 Å². The lowest BCUT2D eigenvalue weighted by Gasteiger charge is -2.16. The number of carbonyl (C=O) groups is 2. The summed E-state index contributed by atoms with van der Waals surface area (Å²) in [6.45, 7) is 0.149. The highest BCUT2D eigenvalue weighted by atomic mass is 32.1. The number of esters is 2. The van der Waals surface area contributed by atoms with Gasteiger partial charge in [0.1, 0.15) is 17.2 Å². The van der Waals surface area contributed by atoms with Crippen LogP contribution in [0.1, 0.15) is 36.7 Å². The molecule has 0 bridgehead atoms. The highest BCUT2D eigenvalue weighted by molar-refractivity contribution is 7.17. The molecule has 0 fully saturated rings. The number of aryl methyl sites for hydroxylation is 2. The maximum atomic E-state index is 12.6. The van der Waals surface area contributed by atoms with Gasteiger partial charge in [0.25, 0.3) is 0 Å². The van der Waals surface area contributed by atoms with E-state index in [1.54, 1.807) is 31.4 Å². The summed E-state index contributed by atoms with van der Waals surface area (Å²) in [5, 5.41) is 0. The van der Waals surface area contributed by atoms with Crippen molar-refractivity contribution in [3.05, 3.63) is 75.7 Å². The highest BCUT2D eigenvalue weighted by Gasteiger charge is 2.22. The normalized spacial score (nSPS) is 11.9. The van der Waals surface area contributed by atoms with Crippen LogP contribution in [0.5, 0.6) is 5.75 Å². The number of hydrogen-bond acceptors (Lipinski definition) is 6. The fourth-order valence-corrected chi connectivity index (χ4v) is 4.58. The van der Waals surface area contributed by atoms with Crippen LogP contribution in [0.2, 0.25) is 0 Å². The molecule has 4 rings (SSSR count). The highest BCUT2D eigenvalue weighted by Crippen LogP contribution is 2.41. The molecule has 0 atom stereocenters. The average molecular weight is 408 g/mol. The molecule has 3 aromatic rings. The van der Waals surface area contributed by atoms with E-state index in [0.717, 1.165) is 34.6 Å². The van der Waals surface area contributed by atoms with Crippen molar-refractivity contribution < 1.29 is 23.8 Å². The van der Waals surface area contributed by atoms with Crippen LogP contribution in [0.4, 0.5) is 0 Å². The van der Waals surface area contributed by atoms with Gasteiger partial charge in [-0.3, -0.25) is 0 Å². The zero-order chi connectivity index (χ0) is 20.4. The van der Waals surface area contributed by atoms with Crippen LogP contribution in [-0.2, 0) is 28.9 Å². The standard InChI is InChI=1S/C23H20O5S/c1-26-18-9-10-19-16(11-18)7-8-17-12-20(29-21(17)19)23(25)28-13-14-3-5-15(6-4-14)22(24)27-2/h3-6,9-12H,7-8,13H2,1-2H3. The number of benzene rings is 2. The fourth-order valence-electron chi connectivity index (χ4n) is 3.41. The molecule has 0 radical (unpaired) electrons. The molecule has 0 N–H and O–H groups in total. The van der Waals surface area contributed by atoms with E-state index in [9.17, 15) is 9.59 Å². The zero-order valence-corrected chi connectivity index (χ0v) is 17.0. The summed E-state index contributed by atoms with van der Waals surface area (Å²) >= 11 is 1.47. The molecule has 2 aromatic carbocycles. The second-order valence-electron chi connectivity index (χ2n) is 6.75. The quantitative estimate of drug-likeness (QED) is 0.575. The van der Waals surface area contributed by atoms with Crippen molar-refractivity contribution >= 4 is 23.3 Å². The van der Waals surface area contributed by atoms with E-state index >= 15 is 0 Å². The van der Waals surface area contributed by atoms with E-state index in [4.69, 9.17) is 9.47 Å². The summed E-state index contributed by atoms with van der Waals surface area (Å²) in [6.07, 6.45) is 1.82. The molecule has 5 nitrogen and oxygen atoms in total. The largest absolute Gasteiger partial charge is 0.497 e. The molecule has 1 aliphatic rings. The topological polar surface area (TPSA) is 61.8 Å². The van der Waals surface area contributed by atoms with Crippen LogP contribution >= 0.6 is 11.3 Å². The fraction of sp³-hybridized carbons (Fsp3) is 0.217. The Morgan fingerprint density at radius 1 is 0.931 bits per heavy atom. The molecule has 0 amide bonds. The van der Waals surface area contributed by atoms with Crippen LogP contribution < -0.4 is 4.74 Å². The number of rotatable bonds is 5. The smallest absolute Gasteiger partial charge is 0.348 e. The Hall–Kier alpha value is -3.12. The first-order valence-electron chi connectivity index (χ1n) is 9.23. The molecule has 0 saturated carbocycles. The molecule has 1 aliphatic carbocycles. The minimum Gasteiger partial charge on any atom is -0.497 e. The van der Waals surface area contributed by atoms with Crippen LogP contribution in [0.3, 0.4) is 0 Å². The summed E-state index contributed by atoms with van der Waals surface area (Å²) < 4.78 is 15.5. The lowest BCUT2D eigenvalue weighted by Crippen LogP contribution is -2.04. The van der Waals surface area contributed by atoms with Crippen molar-refractivity contribution in [1.82, 2.24) is 0 Å². The summed E-state index contributed by atoms with van der Waals surface area (Å²) in [7, 11) is 3.01. The molecular weight excluding hydrogens is 388 g/mol. The molecule has 0 spiro atoms. The molecule has 1 aromatic heterocycles. The average Bonchev–Trinajstić information content (AvgIpc) is 3.21. The molecule has 6 heteroatoms. The predicted molar refractivity (Wildman–Crippen MR) is 111 cm³/mol. The first kappa shape index (κ1) is 19.2. The van der Waals surface area contributed by atoms with Crippen LogP contribution in [0.25, 0.3) is 10.4 Å². The SMILES string of the molecule is COC(=O)c1ccc(COC(=O)c2cc3c(s2)-c2ccc(OC)cc2CC3)cc1. The third-order valence-corrected chi connectivity index (χ3v) is 6.17. The Morgan fingerprint density at radius 2 is 1.69 bits per heavy atom. The van der Waals surface area contributed by atoms with Crippen molar-refractivity contribution in [1.29, 1.82) is 0 Å². The maximum absolute atomic E-state index is 12.6. The maximum Gasteiger partial charge on any atom is 0.348 e. The Kier molecular flexibility index (Phi) is 5.36. The van der Waals surface area contributed by atoms with Crippen molar-refractivity contribution in [3.63, 3.8) is 0 Å². The molecule has 148 valence electrons. The van der Waals surface area contributed by atoms with Crippen LogP contribution in [0.15, 0.2) is 48.5 Å². The van der Waals surface area contributed by atoms with E-state index in [1.165, 1.54) is 29.6 Å². The van der Waals surface area contributed by atoms with Gasteiger partial charge >= 0.3 is 11.9 Å². The number of fused-ring (bicyclic) bond motifs is 3. The number of thiophene rings is 1. The first-order chi connectivity index (χ1) is 14.1. The second-order valence-corrected chi connectivity index (χ2v) is 7.80. The van der Waals surface area contributed by atoms with Gasteiger partial charge < -0.3 is 14.2 Å². The Balaban J connectivity index is 1.46. The Morgan fingerprint density at radius 3 is 2.41 bits per heavy atom. The van der Waals surface area contributed by atoms with Gasteiger partial charge in [0.15, 0.2) is 0 Å². The van der Waals surface area contributed by atoms with Gasteiger partial charge in [-0.2, -0.15) is 0 Å². The molecule has 29 heavy (non-hydrogen) atoms. The minimum atomic E-state index is -0.393. The lowest BCUT2D eigenvalue weighted by molar-refractivity contribution is 0.0477. The van der Waals surface area contributed by atoms with E-state index in [1.807, 2.05) is 12.1 Å². The van der Waals surface area contributed by atoms with E-state index in [-0.39, 0.29) is 12.6 Å². The monoisotopic (exact) mass is 408 g/mol. The molecule has 0 saturated heterocycles. The van der Waals surface area contributed by atoms with E-state index in [0.29, 0.717) is 10.4 Å². The Labute approximate surface area is 172 Å². The van der Waals surface area contributed by atoms with Crippen molar-refractivity contribution in [2.24, 2.45) is 0 Å². The molecule has 1 heterocycles. The number of ether oxygens (including phenoxy) is 3. The van der Waals surface area contributed by atoms with Gasteiger partial charge in [0, 0.05) is 4.88 Å². The second kappa shape index (κ2) is 8.09. The first-order valence-corrected chi connectivity index (χ1v) is 10.0. The number of methoxy groups -OCH3 is 2. The number of hydrogen-bond donors (Lipinski definition) is 0. The van der Waals surface area contributed by atoms with Gasteiger partial charge in [-0.1, -0.05) is 12.1 Å². The van der Waals surface area contributed by atoms with Gasteiger partial charge in [-0.25, -0.2) is 9.59 Å². The van der Waals surface area contributed by atoms with Crippen molar-refractivity contribution in [2.45, 2.75) is 19.4 Å². The zero-order valence-electron chi connectivity index (χ0n) is 16.2. The third kappa shape index (κ3) is 3.89. The van der Waals surface area contributed by atoms with Crippen LogP contribution in [-0.4, -0.2) is 26.2 Å². The molecule has 0 unspecified atom stereocenters. The molecule has 0 aliphatic heterocycles. The summed E-state index contributed by atoms with van der Waals surface area (Å²) in [6, 6.07) is 14.8. The molecular formula is C23H20O5S. The van der Waals surface area contributed by atoms with E-state index < -0.39 is 5.97 Å². The van der Waals surface area contributed by atoms with Crippen molar-refractivity contribution in [2.75, 3.05) is 14.2 Å². The predicted octanol–water partition coefficient (Wildman–Crippen LogP) is 4.67. The van der Waals surface area contributed by atoms with Crippen molar-refractivity contribution in [3.8, 4) is 16.2 Å². The van der Waals surface area contributed by atoms with Crippen LogP contribution in [0, 0.1) is 0 Å². The summed E-state index contributed by atoms with van der Waals surface area (Å²) in [4.78, 5) is 25.8. The van der Waals surface area contributed by atoms with Gasteiger partial charge in [-0.15, -0.1) is 11.3 Å². The minimum absolute atomic E-state index is 0.149. The Bertz CT molecular complexity index is 1070. The number of carbonyl (C=O) groups excluding carboxylic acids is 2. The lowest BCUT2D eigenvalue weighted by atomic mass is 9.91.